The Labute approximate surface area is 178 Å². The zero-order chi connectivity index (χ0) is 22.0. The van der Waals surface area contributed by atoms with Gasteiger partial charge in [-0.1, -0.05) is 12.1 Å². The Morgan fingerprint density at radius 1 is 0.968 bits per heavy atom. The maximum absolute atomic E-state index is 13.4. The molecule has 0 saturated carbocycles. The molecule has 0 aliphatic carbocycles. The van der Waals surface area contributed by atoms with Crippen LogP contribution in [0.2, 0.25) is 0 Å². The lowest BCUT2D eigenvalue weighted by Crippen LogP contribution is -2.19. The molecule has 0 saturated heterocycles. The van der Waals surface area contributed by atoms with Crippen molar-refractivity contribution in [3.63, 3.8) is 0 Å². The first kappa shape index (κ1) is 20.7. The van der Waals surface area contributed by atoms with Gasteiger partial charge in [-0.3, -0.25) is 9.52 Å². The SMILES string of the molecule is Cc1cc(F)ccc1S(=O)(=O)Nc1ccccc1C(=O)Nc1ccc2c(c1)OCCO2. The van der Waals surface area contributed by atoms with E-state index in [-0.39, 0.29) is 21.7 Å². The molecular formula is C22H19FN2O5S. The average Bonchev–Trinajstić information content (AvgIpc) is 2.73. The molecule has 0 spiro atoms. The second kappa shape index (κ2) is 8.27. The van der Waals surface area contributed by atoms with E-state index in [1.165, 1.54) is 25.1 Å². The lowest BCUT2D eigenvalue weighted by molar-refractivity contribution is 0.102. The Morgan fingerprint density at radius 3 is 2.48 bits per heavy atom. The maximum Gasteiger partial charge on any atom is 0.262 e. The number of benzene rings is 3. The van der Waals surface area contributed by atoms with E-state index in [1.807, 2.05) is 0 Å². The first-order chi connectivity index (χ1) is 14.8. The number of carbonyl (C=O) groups is 1. The zero-order valence-corrected chi connectivity index (χ0v) is 17.3. The summed E-state index contributed by atoms with van der Waals surface area (Å²) in [5, 5.41) is 2.73. The summed E-state index contributed by atoms with van der Waals surface area (Å²) in [7, 11) is -4.03. The van der Waals surface area contributed by atoms with E-state index in [9.17, 15) is 17.6 Å². The van der Waals surface area contributed by atoms with Crippen molar-refractivity contribution in [1.29, 1.82) is 0 Å². The Bertz CT molecular complexity index is 1260. The van der Waals surface area contributed by atoms with E-state index in [4.69, 9.17) is 9.47 Å². The highest BCUT2D eigenvalue weighted by Gasteiger charge is 2.21. The number of carbonyl (C=O) groups excluding carboxylic acids is 1. The highest BCUT2D eigenvalue weighted by Crippen LogP contribution is 2.33. The molecule has 31 heavy (non-hydrogen) atoms. The van der Waals surface area contributed by atoms with Crippen molar-refractivity contribution in [2.45, 2.75) is 11.8 Å². The fourth-order valence-corrected chi connectivity index (χ4v) is 4.51. The van der Waals surface area contributed by atoms with Crippen molar-refractivity contribution in [3.05, 3.63) is 77.6 Å². The molecule has 3 aromatic rings. The number of aryl methyl sites for hydroxylation is 1. The van der Waals surface area contributed by atoms with Gasteiger partial charge in [-0.05, 0) is 55.0 Å². The molecule has 1 amide bonds. The van der Waals surface area contributed by atoms with Crippen LogP contribution in [0.3, 0.4) is 0 Å². The van der Waals surface area contributed by atoms with Crippen molar-refractivity contribution in [2.24, 2.45) is 0 Å². The normalized spacial score (nSPS) is 12.8. The summed E-state index contributed by atoms with van der Waals surface area (Å²) >= 11 is 0. The van der Waals surface area contributed by atoms with Gasteiger partial charge in [0.05, 0.1) is 16.1 Å². The fraction of sp³-hybridized carbons (Fsp3) is 0.136. The maximum atomic E-state index is 13.4. The summed E-state index contributed by atoms with van der Waals surface area (Å²) in [5.74, 6) is 0.0679. The van der Waals surface area contributed by atoms with Crippen LogP contribution in [0.4, 0.5) is 15.8 Å². The summed E-state index contributed by atoms with van der Waals surface area (Å²) in [5.41, 5.74) is 0.953. The molecule has 0 unspecified atom stereocenters. The van der Waals surface area contributed by atoms with Crippen LogP contribution in [0.5, 0.6) is 11.5 Å². The van der Waals surface area contributed by atoms with E-state index >= 15 is 0 Å². The van der Waals surface area contributed by atoms with Crippen LogP contribution < -0.4 is 19.5 Å². The van der Waals surface area contributed by atoms with Gasteiger partial charge in [-0.2, -0.15) is 0 Å². The number of nitrogens with one attached hydrogen (secondary N) is 2. The summed E-state index contributed by atoms with van der Waals surface area (Å²) in [6, 6.07) is 14.6. The number of anilines is 2. The first-order valence-electron chi connectivity index (χ1n) is 9.42. The van der Waals surface area contributed by atoms with Crippen molar-refractivity contribution in [3.8, 4) is 11.5 Å². The van der Waals surface area contributed by atoms with Crippen LogP contribution in [0.1, 0.15) is 15.9 Å². The molecule has 0 atom stereocenters. The second-order valence-corrected chi connectivity index (χ2v) is 8.52. The number of fused-ring (bicyclic) bond motifs is 1. The molecule has 7 nitrogen and oxygen atoms in total. The van der Waals surface area contributed by atoms with Gasteiger partial charge in [0.15, 0.2) is 11.5 Å². The van der Waals surface area contributed by atoms with Gasteiger partial charge in [-0.25, -0.2) is 12.8 Å². The van der Waals surface area contributed by atoms with Gasteiger partial charge in [-0.15, -0.1) is 0 Å². The Morgan fingerprint density at radius 2 is 1.71 bits per heavy atom. The third-order valence-corrected chi connectivity index (χ3v) is 6.17. The molecule has 4 rings (SSSR count). The van der Waals surface area contributed by atoms with E-state index < -0.39 is 21.7 Å². The second-order valence-electron chi connectivity index (χ2n) is 6.87. The summed E-state index contributed by atoms with van der Waals surface area (Å²) in [6.45, 7) is 2.37. The summed E-state index contributed by atoms with van der Waals surface area (Å²) in [4.78, 5) is 12.8. The molecule has 0 aromatic heterocycles. The number of amides is 1. The van der Waals surface area contributed by atoms with Crippen molar-refractivity contribution in [2.75, 3.05) is 23.3 Å². The number of rotatable bonds is 5. The van der Waals surface area contributed by atoms with E-state index in [2.05, 4.69) is 10.0 Å². The predicted octanol–water partition coefficient (Wildman–Crippen LogP) is 3.96. The van der Waals surface area contributed by atoms with Crippen LogP contribution >= 0.6 is 0 Å². The minimum Gasteiger partial charge on any atom is -0.486 e. The minimum absolute atomic E-state index is 0.0732. The number of sulfonamides is 1. The standard InChI is InChI=1S/C22H19FN2O5S/c1-14-12-15(23)6-9-21(14)31(27,28)25-18-5-3-2-4-17(18)22(26)24-16-7-8-19-20(13-16)30-11-10-29-19/h2-9,12-13,25H,10-11H2,1H3,(H,24,26). The quantitative estimate of drug-likeness (QED) is 0.624. The predicted molar refractivity (Wildman–Crippen MR) is 114 cm³/mol. The lowest BCUT2D eigenvalue weighted by Gasteiger charge is -2.19. The molecular weight excluding hydrogens is 423 g/mol. The molecule has 160 valence electrons. The van der Waals surface area contributed by atoms with Gasteiger partial charge < -0.3 is 14.8 Å². The van der Waals surface area contributed by atoms with Crippen molar-refractivity contribution in [1.82, 2.24) is 0 Å². The number of para-hydroxylation sites is 1. The van der Waals surface area contributed by atoms with Crippen LogP contribution in [0.15, 0.2) is 65.6 Å². The van der Waals surface area contributed by atoms with Gasteiger partial charge in [0, 0.05) is 11.8 Å². The number of hydrogen-bond donors (Lipinski definition) is 2. The lowest BCUT2D eigenvalue weighted by atomic mass is 10.1. The largest absolute Gasteiger partial charge is 0.486 e. The smallest absolute Gasteiger partial charge is 0.262 e. The van der Waals surface area contributed by atoms with Crippen LogP contribution in [0, 0.1) is 12.7 Å². The Kier molecular flexibility index (Phi) is 5.51. The first-order valence-corrected chi connectivity index (χ1v) is 10.9. The molecule has 0 radical (unpaired) electrons. The topological polar surface area (TPSA) is 93.7 Å². The van der Waals surface area contributed by atoms with Crippen LogP contribution in [-0.2, 0) is 10.0 Å². The van der Waals surface area contributed by atoms with Gasteiger partial charge in [0.2, 0.25) is 0 Å². The third kappa shape index (κ3) is 4.46. The van der Waals surface area contributed by atoms with Gasteiger partial charge in [0.1, 0.15) is 19.0 Å². The molecule has 9 heteroatoms. The van der Waals surface area contributed by atoms with Gasteiger partial charge >= 0.3 is 0 Å². The number of ether oxygens (including phenoxy) is 2. The van der Waals surface area contributed by atoms with E-state index in [1.54, 1.807) is 30.3 Å². The fourth-order valence-electron chi connectivity index (χ4n) is 3.20. The molecule has 1 aliphatic heterocycles. The third-order valence-electron chi connectivity index (χ3n) is 4.64. The Balaban J connectivity index is 1.59. The number of hydrogen-bond acceptors (Lipinski definition) is 5. The molecule has 3 aromatic carbocycles. The molecule has 2 N–H and O–H groups in total. The zero-order valence-electron chi connectivity index (χ0n) is 16.5. The average molecular weight is 442 g/mol. The number of halogens is 1. The van der Waals surface area contributed by atoms with E-state index in [0.29, 0.717) is 30.4 Å². The van der Waals surface area contributed by atoms with Crippen molar-refractivity contribution >= 4 is 27.3 Å². The molecule has 0 bridgehead atoms. The van der Waals surface area contributed by atoms with E-state index in [0.717, 1.165) is 12.1 Å². The van der Waals surface area contributed by atoms with Crippen LogP contribution in [0.25, 0.3) is 0 Å². The van der Waals surface area contributed by atoms with Crippen molar-refractivity contribution < 1.29 is 27.1 Å². The highest BCUT2D eigenvalue weighted by atomic mass is 32.2. The van der Waals surface area contributed by atoms with Gasteiger partial charge in [0.25, 0.3) is 15.9 Å². The minimum atomic E-state index is -4.03. The molecule has 0 fully saturated rings. The molecule has 1 heterocycles. The molecule has 1 aliphatic rings. The summed E-state index contributed by atoms with van der Waals surface area (Å²) in [6.07, 6.45) is 0. The highest BCUT2D eigenvalue weighted by molar-refractivity contribution is 7.92. The monoisotopic (exact) mass is 442 g/mol. The summed E-state index contributed by atoms with van der Waals surface area (Å²) < 4.78 is 52.4. The Hall–Kier alpha value is -3.59. The van der Waals surface area contributed by atoms with Crippen LogP contribution in [-0.4, -0.2) is 27.5 Å².